The molecule has 0 unspecified atom stereocenters. The van der Waals surface area contributed by atoms with Crippen molar-refractivity contribution < 1.29 is 9.47 Å². The van der Waals surface area contributed by atoms with Crippen LogP contribution in [0.5, 0.6) is 0 Å². The highest BCUT2D eigenvalue weighted by Gasteiger charge is 2.15. The van der Waals surface area contributed by atoms with Gasteiger partial charge in [-0.15, -0.1) is 0 Å². The molecule has 0 amide bonds. The van der Waals surface area contributed by atoms with Crippen molar-refractivity contribution in [3.63, 3.8) is 0 Å². The molecule has 1 saturated heterocycles. The van der Waals surface area contributed by atoms with Gasteiger partial charge in [0.1, 0.15) is 0 Å². The Morgan fingerprint density at radius 3 is 1.50 bits per heavy atom. The average molecular weight is 226 g/mol. The highest BCUT2D eigenvalue weighted by atomic mass is 16.5. The zero-order valence-corrected chi connectivity index (χ0v) is 9.94. The third kappa shape index (κ3) is 5.19. The van der Waals surface area contributed by atoms with Crippen LogP contribution in [0.3, 0.4) is 0 Å². The molecule has 4 nitrogen and oxygen atoms in total. The van der Waals surface area contributed by atoms with Crippen molar-refractivity contribution in [2.75, 3.05) is 52.5 Å². The van der Waals surface area contributed by atoms with Crippen LogP contribution < -0.4 is 0 Å². The minimum atomic E-state index is 0.739. The summed E-state index contributed by atoms with van der Waals surface area (Å²) in [4.78, 5) is 4.82. The Kier molecular flexibility index (Phi) is 6.69. The van der Waals surface area contributed by atoms with Gasteiger partial charge in [-0.1, -0.05) is 13.2 Å². The van der Waals surface area contributed by atoms with Crippen LogP contribution in [0.1, 0.15) is 0 Å². The van der Waals surface area contributed by atoms with Gasteiger partial charge in [0.2, 0.25) is 0 Å². The van der Waals surface area contributed by atoms with Crippen LogP contribution in [0, 0.1) is 0 Å². The first-order valence-corrected chi connectivity index (χ1v) is 5.76. The Morgan fingerprint density at radius 2 is 1.19 bits per heavy atom. The van der Waals surface area contributed by atoms with Gasteiger partial charge in [-0.25, -0.2) is 0 Å². The first kappa shape index (κ1) is 13.1. The number of hydrogen-bond acceptors (Lipinski definition) is 4. The second-order valence-corrected chi connectivity index (χ2v) is 3.76. The molecule has 1 rings (SSSR count). The zero-order valence-electron chi connectivity index (χ0n) is 9.94. The Labute approximate surface area is 98.1 Å². The Morgan fingerprint density at radius 1 is 0.812 bits per heavy atom. The van der Waals surface area contributed by atoms with Gasteiger partial charge >= 0.3 is 0 Å². The molecule has 0 aromatic carbocycles. The van der Waals surface area contributed by atoms with E-state index in [1.54, 1.807) is 0 Å². The van der Waals surface area contributed by atoms with Crippen molar-refractivity contribution in [3.05, 3.63) is 25.7 Å². The molecule has 0 aromatic heterocycles. The minimum absolute atomic E-state index is 0.739. The molecule has 0 saturated carbocycles. The number of rotatable bonds is 8. The standard InChI is InChI=1S/C12H22N2O2/c1-3-15-11-9-13-5-7-14(8-6-13)10-12-16-4-2/h3-4H,1-2,5-12H2. The molecule has 0 atom stereocenters. The summed E-state index contributed by atoms with van der Waals surface area (Å²) >= 11 is 0. The second-order valence-electron chi connectivity index (χ2n) is 3.76. The predicted molar refractivity (Wildman–Crippen MR) is 65.2 cm³/mol. The Hall–Kier alpha value is -1.00. The third-order valence-corrected chi connectivity index (χ3v) is 2.75. The molecule has 92 valence electrons. The molecule has 0 aromatic rings. The summed E-state index contributed by atoms with van der Waals surface area (Å²) < 4.78 is 10.2. The molecule has 1 aliphatic heterocycles. The molecular weight excluding hydrogens is 204 g/mol. The Balaban J connectivity index is 2.04. The van der Waals surface area contributed by atoms with Gasteiger partial charge in [0.25, 0.3) is 0 Å². The van der Waals surface area contributed by atoms with E-state index in [4.69, 9.17) is 9.47 Å². The van der Waals surface area contributed by atoms with Crippen LogP contribution in [0.25, 0.3) is 0 Å². The zero-order chi connectivity index (χ0) is 11.6. The molecule has 0 aliphatic carbocycles. The van der Waals surface area contributed by atoms with Crippen molar-refractivity contribution in [2.45, 2.75) is 0 Å². The maximum absolute atomic E-state index is 5.12. The monoisotopic (exact) mass is 226 g/mol. The van der Waals surface area contributed by atoms with Crippen molar-refractivity contribution >= 4 is 0 Å². The first-order valence-electron chi connectivity index (χ1n) is 5.76. The molecule has 4 heteroatoms. The number of piperazine rings is 1. The van der Waals surface area contributed by atoms with Crippen LogP contribution in [-0.2, 0) is 9.47 Å². The fraction of sp³-hybridized carbons (Fsp3) is 0.667. The van der Waals surface area contributed by atoms with Gasteiger partial charge < -0.3 is 9.47 Å². The normalized spacial score (nSPS) is 18.0. The fourth-order valence-electron chi connectivity index (χ4n) is 1.77. The van der Waals surface area contributed by atoms with E-state index >= 15 is 0 Å². The summed E-state index contributed by atoms with van der Waals surface area (Å²) in [5.74, 6) is 0. The molecule has 16 heavy (non-hydrogen) atoms. The Bertz CT molecular complexity index is 179. The number of hydrogen-bond donors (Lipinski definition) is 0. The van der Waals surface area contributed by atoms with Crippen molar-refractivity contribution in [3.8, 4) is 0 Å². The largest absolute Gasteiger partial charge is 0.500 e. The summed E-state index contributed by atoms with van der Waals surface area (Å²) in [6.45, 7) is 14.9. The molecule has 1 heterocycles. The minimum Gasteiger partial charge on any atom is -0.500 e. The average Bonchev–Trinajstić information content (AvgIpc) is 2.32. The molecule has 0 bridgehead atoms. The van der Waals surface area contributed by atoms with Gasteiger partial charge in [0.05, 0.1) is 25.7 Å². The lowest BCUT2D eigenvalue weighted by Crippen LogP contribution is -2.47. The predicted octanol–water partition coefficient (Wildman–Crippen LogP) is 0.924. The topological polar surface area (TPSA) is 24.9 Å². The van der Waals surface area contributed by atoms with E-state index in [2.05, 4.69) is 23.0 Å². The van der Waals surface area contributed by atoms with Gasteiger partial charge in [0.15, 0.2) is 0 Å². The molecular formula is C12H22N2O2. The highest BCUT2D eigenvalue weighted by molar-refractivity contribution is 4.72. The van der Waals surface area contributed by atoms with E-state index in [1.807, 2.05) is 0 Å². The van der Waals surface area contributed by atoms with Gasteiger partial charge in [-0.05, 0) is 0 Å². The van der Waals surface area contributed by atoms with E-state index in [9.17, 15) is 0 Å². The molecule has 0 radical (unpaired) electrons. The van der Waals surface area contributed by atoms with Gasteiger partial charge in [0, 0.05) is 39.3 Å². The van der Waals surface area contributed by atoms with Crippen LogP contribution in [0.4, 0.5) is 0 Å². The van der Waals surface area contributed by atoms with Gasteiger partial charge in [-0.3, -0.25) is 9.80 Å². The first-order chi connectivity index (χ1) is 7.86. The van der Waals surface area contributed by atoms with E-state index in [0.717, 1.165) is 52.5 Å². The maximum Gasteiger partial charge on any atom is 0.0999 e. The van der Waals surface area contributed by atoms with Crippen LogP contribution in [-0.4, -0.2) is 62.3 Å². The summed E-state index contributed by atoms with van der Waals surface area (Å²) in [6, 6.07) is 0. The lowest BCUT2D eigenvalue weighted by atomic mass is 10.3. The van der Waals surface area contributed by atoms with Crippen molar-refractivity contribution in [2.24, 2.45) is 0 Å². The maximum atomic E-state index is 5.12. The van der Waals surface area contributed by atoms with E-state index in [-0.39, 0.29) is 0 Å². The SMILES string of the molecule is C=COCCN1CCN(CCOC=C)CC1. The molecule has 1 fully saturated rings. The summed E-state index contributed by atoms with van der Waals surface area (Å²) in [6.07, 6.45) is 3.01. The molecule has 1 aliphatic rings. The lowest BCUT2D eigenvalue weighted by molar-refractivity contribution is 0.0920. The van der Waals surface area contributed by atoms with Crippen LogP contribution in [0.15, 0.2) is 25.7 Å². The number of nitrogens with zero attached hydrogens (tertiary/aromatic N) is 2. The van der Waals surface area contributed by atoms with Crippen LogP contribution >= 0.6 is 0 Å². The number of ether oxygens (including phenoxy) is 2. The smallest absolute Gasteiger partial charge is 0.0999 e. The summed E-state index contributed by atoms with van der Waals surface area (Å²) in [7, 11) is 0. The third-order valence-electron chi connectivity index (χ3n) is 2.75. The highest BCUT2D eigenvalue weighted by Crippen LogP contribution is 2.01. The van der Waals surface area contributed by atoms with Gasteiger partial charge in [-0.2, -0.15) is 0 Å². The van der Waals surface area contributed by atoms with Crippen LogP contribution in [0.2, 0.25) is 0 Å². The summed E-state index contributed by atoms with van der Waals surface area (Å²) in [5.41, 5.74) is 0. The van der Waals surface area contributed by atoms with E-state index in [0.29, 0.717) is 0 Å². The fourth-order valence-corrected chi connectivity index (χ4v) is 1.77. The van der Waals surface area contributed by atoms with E-state index in [1.165, 1.54) is 12.5 Å². The van der Waals surface area contributed by atoms with Crippen molar-refractivity contribution in [1.29, 1.82) is 0 Å². The molecule has 0 spiro atoms. The molecule has 0 N–H and O–H groups in total. The summed E-state index contributed by atoms with van der Waals surface area (Å²) in [5, 5.41) is 0. The van der Waals surface area contributed by atoms with E-state index < -0.39 is 0 Å². The second kappa shape index (κ2) is 8.19. The van der Waals surface area contributed by atoms with Crippen molar-refractivity contribution in [1.82, 2.24) is 9.80 Å². The lowest BCUT2D eigenvalue weighted by Gasteiger charge is -2.34. The quantitative estimate of drug-likeness (QED) is 0.454.